The quantitative estimate of drug-likeness (QED) is 0.776. The molecule has 0 saturated heterocycles. The summed E-state index contributed by atoms with van der Waals surface area (Å²) in [7, 11) is 1.60. The van der Waals surface area contributed by atoms with Gasteiger partial charge in [-0.2, -0.15) is 5.26 Å². The second kappa shape index (κ2) is 8.57. The average Bonchev–Trinajstić information content (AvgIpc) is 2.77. The Morgan fingerprint density at radius 1 is 1.19 bits per heavy atom. The highest BCUT2D eigenvalue weighted by Gasteiger charge is 2.38. The van der Waals surface area contributed by atoms with Gasteiger partial charge < -0.3 is 19.9 Å². The SMILES string of the molecule is COc1ccc(C2C(C#N)=C(N)OC3=C2C(=O)CCC3)cc1COc1ccc(C)cc1. The van der Waals surface area contributed by atoms with Crippen LogP contribution >= 0.6 is 0 Å². The first-order valence-corrected chi connectivity index (χ1v) is 10.2. The molecule has 0 amide bonds. The fourth-order valence-electron chi connectivity index (χ4n) is 4.08. The summed E-state index contributed by atoms with van der Waals surface area (Å²) in [4.78, 5) is 12.8. The van der Waals surface area contributed by atoms with Crippen LogP contribution in [0.3, 0.4) is 0 Å². The molecule has 1 unspecified atom stereocenters. The van der Waals surface area contributed by atoms with E-state index in [1.165, 1.54) is 0 Å². The molecular weight excluding hydrogens is 392 g/mol. The molecule has 0 radical (unpaired) electrons. The third kappa shape index (κ3) is 3.99. The van der Waals surface area contributed by atoms with Gasteiger partial charge in [0.2, 0.25) is 5.88 Å². The number of aryl methyl sites for hydroxylation is 1. The minimum Gasteiger partial charge on any atom is -0.496 e. The number of benzene rings is 2. The summed E-state index contributed by atoms with van der Waals surface area (Å²) in [5.41, 5.74) is 9.59. The van der Waals surface area contributed by atoms with Crippen molar-refractivity contribution in [2.75, 3.05) is 7.11 Å². The van der Waals surface area contributed by atoms with Crippen molar-refractivity contribution in [3.63, 3.8) is 0 Å². The van der Waals surface area contributed by atoms with Crippen molar-refractivity contribution < 1.29 is 19.0 Å². The van der Waals surface area contributed by atoms with Crippen molar-refractivity contribution in [1.29, 1.82) is 5.26 Å². The van der Waals surface area contributed by atoms with Gasteiger partial charge in [0.15, 0.2) is 5.78 Å². The van der Waals surface area contributed by atoms with Crippen LogP contribution in [0.25, 0.3) is 0 Å². The number of nitrogens with two attached hydrogens (primary N) is 1. The third-order valence-corrected chi connectivity index (χ3v) is 5.66. The zero-order valence-electron chi connectivity index (χ0n) is 17.6. The van der Waals surface area contributed by atoms with Crippen LogP contribution in [0.4, 0.5) is 0 Å². The second-order valence-electron chi connectivity index (χ2n) is 7.71. The number of allylic oxidation sites excluding steroid dienone is 3. The fraction of sp³-hybridized carbons (Fsp3) is 0.280. The normalized spacial score (nSPS) is 18.2. The molecule has 1 atom stereocenters. The number of ether oxygens (including phenoxy) is 3. The van der Waals surface area contributed by atoms with Crippen LogP contribution < -0.4 is 15.2 Å². The predicted molar refractivity (Wildman–Crippen MR) is 115 cm³/mol. The highest BCUT2D eigenvalue weighted by Crippen LogP contribution is 2.44. The summed E-state index contributed by atoms with van der Waals surface area (Å²) in [5.74, 6) is 1.51. The van der Waals surface area contributed by atoms with E-state index >= 15 is 0 Å². The maximum absolute atomic E-state index is 12.8. The van der Waals surface area contributed by atoms with Crippen LogP contribution in [0.2, 0.25) is 0 Å². The van der Waals surface area contributed by atoms with Crippen molar-refractivity contribution in [3.05, 3.63) is 81.9 Å². The molecule has 1 aliphatic carbocycles. The van der Waals surface area contributed by atoms with Gasteiger partial charge in [-0.05, 0) is 43.2 Å². The molecule has 2 N–H and O–H groups in total. The standard InChI is InChI=1S/C25H24N2O4/c1-15-6-9-18(10-7-15)30-14-17-12-16(8-11-21(17)29-2)23-19(13-26)25(27)31-22-5-3-4-20(28)24(22)23/h6-12,23H,3-5,14,27H2,1-2H3. The fourth-order valence-corrected chi connectivity index (χ4v) is 4.08. The molecule has 158 valence electrons. The van der Waals surface area contributed by atoms with E-state index in [-0.39, 0.29) is 23.8 Å². The van der Waals surface area contributed by atoms with Crippen LogP contribution in [0.1, 0.15) is 41.9 Å². The highest BCUT2D eigenvalue weighted by atomic mass is 16.5. The first-order valence-electron chi connectivity index (χ1n) is 10.2. The number of Topliss-reactive ketones (excluding diaryl/α,β-unsaturated/α-hetero) is 1. The first-order chi connectivity index (χ1) is 15.0. The molecule has 1 aliphatic heterocycles. The number of hydrogen-bond acceptors (Lipinski definition) is 6. The van der Waals surface area contributed by atoms with Gasteiger partial charge in [-0.25, -0.2) is 0 Å². The number of ketones is 1. The number of carbonyl (C=O) groups is 1. The van der Waals surface area contributed by atoms with E-state index < -0.39 is 5.92 Å². The summed E-state index contributed by atoms with van der Waals surface area (Å²) < 4.78 is 17.1. The highest BCUT2D eigenvalue weighted by molar-refractivity contribution is 5.99. The van der Waals surface area contributed by atoms with Gasteiger partial charge in [0.1, 0.15) is 35.5 Å². The molecule has 4 rings (SSSR count). The molecule has 0 saturated carbocycles. The number of nitrogens with zero attached hydrogens (tertiary/aromatic N) is 1. The zero-order valence-corrected chi connectivity index (χ0v) is 17.6. The van der Waals surface area contributed by atoms with Crippen LogP contribution in [-0.4, -0.2) is 12.9 Å². The summed E-state index contributed by atoms with van der Waals surface area (Å²) >= 11 is 0. The molecule has 0 bridgehead atoms. The van der Waals surface area contributed by atoms with Gasteiger partial charge in [0, 0.05) is 24.0 Å². The van der Waals surface area contributed by atoms with Gasteiger partial charge in [-0.15, -0.1) is 0 Å². The lowest BCUT2D eigenvalue weighted by Crippen LogP contribution is -2.27. The van der Waals surface area contributed by atoms with Crippen molar-refractivity contribution in [2.45, 2.75) is 38.7 Å². The summed E-state index contributed by atoms with van der Waals surface area (Å²) in [6.45, 7) is 2.30. The monoisotopic (exact) mass is 416 g/mol. The Hall–Kier alpha value is -3.72. The van der Waals surface area contributed by atoms with Crippen LogP contribution in [0.15, 0.2) is 65.3 Å². The Kier molecular flexibility index (Phi) is 5.68. The average molecular weight is 416 g/mol. The largest absolute Gasteiger partial charge is 0.496 e. The molecular formula is C25H24N2O4. The van der Waals surface area contributed by atoms with Gasteiger partial charge in [-0.1, -0.05) is 23.8 Å². The van der Waals surface area contributed by atoms with E-state index in [9.17, 15) is 10.1 Å². The molecule has 2 aliphatic rings. The Morgan fingerprint density at radius 3 is 2.68 bits per heavy atom. The molecule has 2 aromatic carbocycles. The van der Waals surface area contributed by atoms with Gasteiger partial charge in [0.25, 0.3) is 0 Å². The van der Waals surface area contributed by atoms with E-state index in [1.54, 1.807) is 7.11 Å². The van der Waals surface area contributed by atoms with E-state index in [1.807, 2.05) is 49.4 Å². The maximum Gasteiger partial charge on any atom is 0.205 e. The number of nitriles is 1. The lowest BCUT2D eigenvalue weighted by molar-refractivity contribution is -0.116. The molecule has 2 aromatic rings. The smallest absolute Gasteiger partial charge is 0.205 e. The summed E-state index contributed by atoms with van der Waals surface area (Å²) in [5, 5.41) is 9.76. The summed E-state index contributed by atoms with van der Waals surface area (Å²) in [6, 6.07) is 15.6. The maximum atomic E-state index is 12.8. The van der Waals surface area contributed by atoms with Crippen molar-refractivity contribution in [3.8, 4) is 17.6 Å². The van der Waals surface area contributed by atoms with E-state index in [0.717, 1.165) is 28.9 Å². The minimum absolute atomic E-state index is 0.000210. The number of methoxy groups -OCH3 is 1. The van der Waals surface area contributed by atoms with Crippen molar-refractivity contribution >= 4 is 5.78 Å². The number of carbonyl (C=O) groups excluding carboxylic acids is 1. The van der Waals surface area contributed by atoms with Gasteiger partial charge >= 0.3 is 0 Å². The van der Waals surface area contributed by atoms with Crippen LogP contribution in [0.5, 0.6) is 11.5 Å². The zero-order chi connectivity index (χ0) is 22.0. The second-order valence-corrected chi connectivity index (χ2v) is 7.71. The Bertz CT molecular complexity index is 1120. The topological polar surface area (TPSA) is 94.6 Å². The minimum atomic E-state index is -0.550. The molecule has 1 heterocycles. The van der Waals surface area contributed by atoms with E-state index in [2.05, 4.69) is 6.07 Å². The molecule has 6 nitrogen and oxygen atoms in total. The number of rotatable bonds is 5. The van der Waals surface area contributed by atoms with E-state index in [4.69, 9.17) is 19.9 Å². The van der Waals surface area contributed by atoms with Crippen LogP contribution in [-0.2, 0) is 16.1 Å². The van der Waals surface area contributed by atoms with Gasteiger partial charge in [-0.3, -0.25) is 4.79 Å². The Balaban J connectivity index is 1.72. The lowest BCUT2D eigenvalue weighted by Gasteiger charge is -2.31. The number of hydrogen-bond donors (Lipinski definition) is 1. The van der Waals surface area contributed by atoms with Crippen molar-refractivity contribution in [2.24, 2.45) is 5.73 Å². The van der Waals surface area contributed by atoms with Gasteiger partial charge in [0.05, 0.1) is 13.0 Å². The molecule has 0 spiro atoms. The molecule has 0 aromatic heterocycles. The Labute approximate surface area is 181 Å². The molecule has 6 heteroatoms. The molecule has 31 heavy (non-hydrogen) atoms. The molecule has 0 fully saturated rings. The van der Waals surface area contributed by atoms with E-state index in [0.29, 0.717) is 29.9 Å². The Morgan fingerprint density at radius 2 is 1.97 bits per heavy atom. The lowest BCUT2D eigenvalue weighted by atomic mass is 9.77. The predicted octanol–water partition coefficient (Wildman–Crippen LogP) is 4.40. The van der Waals surface area contributed by atoms with Crippen LogP contribution in [0, 0.1) is 18.3 Å². The first kappa shape index (κ1) is 20.5. The summed E-state index contributed by atoms with van der Waals surface area (Å²) in [6.07, 6.45) is 1.80. The van der Waals surface area contributed by atoms with Crippen molar-refractivity contribution in [1.82, 2.24) is 0 Å². The third-order valence-electron chi connectivity index (χ3n) is 5.66.